The average molecular weight is 164 g/mol. The summed E-state index contributed by atoms with van der Waals surface area (Å²) >= 11 is 6.53. The first kappa shape index (κ1) is 7.15. The van der Waals surface area contributed by atoms with Crippen LogP contribution in [0, 0.1) is 0 Å². The average Bonchev–Trinajstić information content (AvgIpc) is 2.65. The lowest BCUT2D eigenvalue weighted by Crippen LogP contribution is -2.08. The Balaban J connectivity index is 1.96. The molecule has 1 aliphatic rings. The van der Waals surface area contributed by atoms with Crippen molar-refractivity contribution in [3.63, 3.8) is 0 Å². The molecule has 0 radical (unpaired) electrons. The van der Waals surface area contributed by atoms with Crippen LogP contribution in [0.4, 0.5) is 0 Å². The van der Waals surface area contributed by atoms with E-state index in [0.717, 1.165) is 0 Å². The van der Waals surface area contributed by atoms with E-state index < -0.39 is 0 Å². The van der Waals surface area contributed by atoms with Gasteiger partial charge in [0.25, 0.3) is 0 Å². The van der Waals surface area contributed by atoms with Gasteiger partial charge in [-0.1, -0.05) is 0 Å². The first-order valence-electron chi connectivity index (χ1n) is 2.65. The number of hydrogen-bond donors (Lipinski definition) is 0. The van der Waals surface area contributed by atoms with Crippen molar-refractivity contribution in [2.24, 2.45) is 0 Å². The van der Waals surface area contributed by atoms with Gasteiger partial charge in [-0.05, 0) is 0 Å². The molecule has 0 aliphatic carbocycles. The van der Waals surface area contributed by atoms with Crippen molar-refractivity contribution < 1.29 is 9.47 Å². The van der Waals surface area contributed by atoms with Gasteiger partial charge in [-0.25, -0.2) is 0 Å². The fourth-order valence-electron chi connectivity index (χ4n) is 0.384. The van der Waals surface area contributed by atoms with E-state index in [2.05, 4.69) is 17.0 Å². The third-order valence-electron chi connectivity index (χ3n) is 0.956. The second kappa shape index (κ2) is 3.27. The highest BCUT2D eigenvalue weighted by atomic mass is 32.2. The van der Waals surface area contributed by atoms with Gasteiger partial charge >= 0.3 is 5.24 Å². The zero-order valence-corrected chi connectivity index (χ0v) is 6.76. The molecule has 0 spiro atoms. The topological polar surface area (TPSA) is 18.5 Å². The van der Waals surface area contributed by atoms with Crippen LogP contribution in [-0.4, -0.2) is 30.0 Å². The first-order valence-corrected chi connectivity index (χ1v) is 4.11. The van der Waals surface area contributed by atoms with Gasteiger partial charge in [-0.15, -0.1) is 0 Å². The maximum Gasteiger partial charge on any atom is 0.352 e. The molecule has 1 fully saturated rings. The summed E-state index contributed by atoms with van der Waals surface area (Å²) in [5, 5.41) is 0.917. The maximum atomic E-state index is 5.00. The molecular formula is C5H8O2S2. The Hall–Kier alpha value is 0.0400. The predicted molar refractivity (Wildman–Crippen MR) is 41.8 cm³/mol. The van der Waals surface area contributed by atoms with Crippen molar-refractivity contribution >= 4 is 29.2 Å². The second-order valence-electron chi connectivity index (χ2n) is 1.72. The lowest BCUT2D eigenvalue weighted by molar-refractivity contribution is 0.217. The summed E-state index contributed by atoms with van der Waals surface area (Å²) in [6, 6.07) is 0. The van der Waals surface area contributed by atoms with Crippen LogP contribution in [0.3, 0.4) is 0 Å². The highest BCUT2D eigenvalue weighted by molar-refractivity contribution is 8.06. The van der Waals surface area contributed by atoms with Crippen molar-refractivity contribution in [3.8, 4) is 0 Å². The monoisotopic (exact) mass is 164 g/mol. The van der Waals surface area contributed by atoms with Crippen LogP contribution in [0.15, 0.2) is 0 Å². The highest BCUT2D eigenvalue weighted by Crippen LogP contribution is 2.29. The van der Waals surface area contributed by atoms with Gasteiger partial charge < -0.3 is 9.47 Å². The van der Waals surface area contributed by atoms with E-state index in [0.29, 0.717) is 11.9 Å². The van der Waals surface area contributed by atoms with Crippen LogP contribution >= 0.6 is 24.0 Å². The van der Waals surface area contributed by atoms with Gasteiger partial charge in [-0.2, -0.15) is 11.8 Å². The molecule has 1 aliphatic heterocycles. The fourth-order valence-corrected chi connectivity index (χ4v) is 0.849. The summed E-state index contributed by atoms with van der Waals surface area (Å²) in [4.78, 5) is 0. The fraction of sp³-hybridized carbons (Fsp3) is 0.800. The van der Waals surface area contributed by atoms with Crippen LogP contribution in [-0.2, 0) is 9.47 Å². The molecule has 0 saturated carbocycles. The lowest BCUT2D eigenvalue weighted by Gasteiger charge is -2.01. The zero-order chi connectivity index (χ0) is 6.69. The van der Waals surface area contributed by atoms with Crippen LogP contribution in [0.1, 0.15) is 0 Å². The molecule has 1 heterocycles. The number of thiocarbonyl (C=S) groups is 1. The molecule has 52 valence electrons. The summed E-state index contributed by atoms with van der Waals surface area (Å²) in [6.45, 7) is 0.706. The van der Waals surface area contributed by atoms with Crippen LogP contribution in [0.2, 0.25) is 0 Å². The molecular weight excluding hydrogens is 156 g/mol. The van der Waals surface area contributed by atoms with Crippen molar-refractivity contribution in [1.29, 1.82) is 0 Å². The van der Waals surface area contributed by atoms with Gasteiger partial charge in [0.2, 0.25) is 0 Å². The molecule has 0 unspecified atom stereocenters. The third kappa shape index (κ3) is 2.91. The molecule has 0 aromatic heterocycles. The van der Waals surface area contributed by atoms with Crippen molar-refractivity contribution in [1.82, 2.24) is 0 Å². The van der Waals surface area contributed by atoms with E-state index in [1.54, 1.807) is 0 Å². The van der Waals surface area contributed by atoms with E-state index in [1.807, 2.05) is 11.8 Å². The normalized spacial score (nSPS) is 23.0. The Kier molecular flexibility index (Phi) is 2.60. The van der Waals surface area contributed by atoms with Crippen LogP contribution in [0.25, 0.3) is 0 Å². The standard InChI is InChI=1S/C5H8O2S2/c1-6-5(8)7-2-4-3-9-4/h4H,2-3H2,1H3/t4-/m0/s1. The predicted octanol–water partition coefficient (Wildman–Crippen LogP) is 1.05. The molecule has 2 nitrogen and oxygen atoms in total. The minimum atomic E-state index is 0.252. The van der Waals surface area contributed by atoms with Gasteiger partial charge in [-0.3, -0.25) is 0 Å². The van der Waals surface area contributed by atoms with Crippen LogP contribution in [0.5, 0.6) is 0 Å². The molecule has 4 heteroatoms. The van der Waals surface area contributed by atoms with Crippen molar-refractivity contribution in [2.75, 3.05) is 19.5 Å². The zero-order valence-electron chi connectivity index (χ0n) is 5.12. The summed E-state index contributed by atoms with van der Waals surface area (Å²) in [7, 11) is 1.52. The second-order valence-corrected chi connectivity index (χ2v) is 3.39. The molecule has 9 heavy (non-hydrogen) atoms. The third-order valence-corrected chi connectivity index (χ3v) is 2.18. The van der Waals surface area contributed by atoms with E-state index in [9.17, 15) is 0 Å². The van der Waals surface area contributed by atoms with Crippen LogP contribution < -0.4 is 0 Å². The first-order chi connectivity index (χ1) is 4.33. The van der Waals surface area contributed by atoms with Gasteiger partial charge in [0, 0.05) is 23.2 Å². The van der Waals surface area contributed by atoms with E-state index in [4.69, 9.17) is 4.74 Å². The maximum absolute atomic E-state index is 5.00. The molecule has 0 aromatic rings. The van der Waals surface area contributed by atoms with Crippen molar-refractivity contribution in [2.45, 2.75) is 5.25 Å². The molecule has 1 saturated heterocycles. The molecule has 0 aromatic carbocycles. The molecule has 1 rings (SSSR count). The number of ether oxygens (including phenoxy) is 2. The number of rotatable bonds is 2. The quantitative estimate of drug-likeness (QED) is 0.448. The molecule has 0 bridgehead atoms. The Morgan fingerprint density at radius 1 is 1.89 bits per heavy atom. The Bertz CT molecular complexity index is 112. The molecule has 0 amide bonds. The molecule has 1 atom stereocenters. The van der Waals surface area contributed by atoms with E-state index >= 15 is 0 Å². The van der Waals surface area contributed by atoms with Gasteiger partial charge in [0.15, 0.2) is 0 Å². The number of methoxy groups -OCH3 is 1. The SMILES string of the molecule is COC(=S)OC[C@H]1CS1. The summed E-state index contributed by atoms with van der Waals surface area (Å²) in [6.07, 6.45) is 0. The summed E-state index contributed by atoms with van der Waals surface area (Å²) in [5.41, 5.74) is 0. The largest absolute Gasteiger partial charge is 0.460 e. The Morgan fingerprint density at radius 2 is 2.56 bits per heavy atom. The van der Waals surface area contributed by atoms with Gasteiger partial charge in [0.05, 0.1) is 7.11 Å². The Morgan fingerprint density at radius 3 is 3.00 bits per heavy atom. The lowest BCUT2D eigenvalue weighted by atomic mass is 10.5. The minimum Gasteiger partial charge on any atom is -0.460 e. The van der Waals surface area contributed by atoms with Crippen molar-refractivity contribution in [3.05, 3.63) is 0 Å². The van der Waals surface area contributed by atoms with E-state index in [1.165, 1.54) is 12.9 Å². The smallest absolute Gasteiger partial charge is 0.352 e. The minimum absolute atomic E-state index is 0.252. The highest BCUT2D eigenvalue weighted by Gasteiger charge is 2.23. The van der Waals surface area contributed by atoms with Gasteiger partial charge in [0.1, 0.15) is 6.61 Å². The van der Waals surface area contributed by atoms with E-state index in [-0.39, 0.29) is 5.24 Å². The number of hydrogen-bond acceptors (Lipinski definition) is 4. The number of thioether (sulfide) groups is 1. The summed E-state index contributed by atoms with van der Waals surface area (Å²) < 4.78 is 9.63. The Labute approximate surface area is 63.9 Å². The summed E-state index contributed by atoms with van der Waals surface area (Å²) in [5.74, 6) is 1.20. The molecule has 0 N–H and O–H groups in total.